The second-order valence-electron chi connectivity index (χ2n) is 2.79. The van der Waals surface area contributed by atoms with Gasteiger partial charge in [0.15, 0.2) is 6.10 Å². The van der Waals surface area contributed by atoms with Gasteiger partial charge < -0.3 is 9.64 Å². The molecule has 0 aliphatic carbocycles. The minimum atomic E-state index is -0.357. The average Bonchev–Trinajstić information content (AvgIpc) is 2.30. The second-order valence-corrected chi connectivity index (χ2v) is 2.79. The van der Waals surface area contributed by atoms with Crippen LogP contribution in [0, 0.1) is 12.3 Å². The summed E-state index contributed by atoms with van der Waals surface area (Å²) in [6.07, 6.45) is 4.45. The number of cyclic esters (lactones) is 1. The highest BCUT2D eigenvalue weighted by atomic mass is 16.6. The molecule has 1 amide bonds. The Morgan fingerprint density at radius 2 is 2.45 bits per heavy atom. The Labute approximate surface area is 66.3 Å². The summed E-state index contributed by atoms with van der Waals surface area (Å²) in [5.74, 6) is 2.39. The minimum absolute atomic E-state index is 0.167. The molecule has 1 aliphatic rings. The van der Waals surface area contributed by atoms with Gasteiger partial charge in [0.25, 0.3) is 0 Å². The van der Waals surface area contributed by atoms with E-state index >= 15 is 0 Å². The van der Waals surface area contributed by atoms with Crippen molar-refractivity contribution in [2.24, 2.45) is 0 Å². The number of carbonyl (C=O) groups is 1. The van der Waals surface area contributed by atoms with Crippen LogP contribution in [-0.4, -0.2) is 29.7 Å². The van der Waals surface area contributed by atoms with Crippen LogP contribution in [0.2, 0.25) is 0 Å². The normalized spacial score (nSPS) is 23.6. The van der Waals surface area contributed by atoms with E-state index in [2.05, 4.69) is 5.92 Å². The van der Waals surface area contributed by atoms with Gasteiger partial charge in [0.1, 0.15) is 0 Å². The summed E-state index contributed by atoms with van der Waals surface area (Å²) >= 11 is 0. The fraction of sp³-hybridized carbons (Fsp3) is 0.625. The van der Waals surface area contributed by atoms with Crippen LogP contribution in [0.25, 0.3) is 0 Å². The van der Waals surface area contributed by atoms with E-state index in [1.807, 2.05) is 13.8 Å². The second kappa shape index (κ2) is 2.83. The first-order valence-corrected chi connectivity index (χ1v) is 3.58. The first-order valence-electron chi connectivity index (χ1n) is 3.58. The highest BCUT2D eigenvalue weighted by molar-refractivity contribution is 5.70. The molecule has 0 saturated carbocycles. The first-order chi connectivity index (χ1) is 5.15. The van der Waals surface area contributed by atoms with Crippen molar-refractivity contribution < 1.29 is 9.53 Å². The molecule has 11 heavy (non-hydrogen) atoms. The van der Waals surface area contributed by atoms with E-state index in [0.717, 1.165) is 0 Å². The summed E-state index contributed by atoms with van der Waals surface area (Å²) in [5.41, 5.74) is 0. The van der Waals surface area contributed by atoms with Crippen LogP contribution >= 0.6 is 0 Å². The molecule has 0 N–H and O–H groups in total. The SMILES string of the molecule is C#CC1CN(C(C)C)C(=O)O1. The maximum absolute atomic E-state index is 11.0. The van der Waals surface area contributed by atoms with Crippen molar-refractivity contribution in [3.05, 3.63) is 0 Å². The van der Waals surface area contributed by atoms with Gasteiger partial charge in [-0.15, -0.1) is 6.42 Å². The zero-order valence-electron chi connectivity index (χ0n) is 6.70. The molecule has 0 aromatic carbocycles. The van der Waals surface area contributed by atoms with Gasteiger partial charge in [-0.05, 0) is 13.8 Å². The molecule has 3 heteroatoms. The van der Waals surface area contributed by atoms with Gasteiger partial charge in [-0.3, -0.25) is 0 Å². The van der Waals surface area contributed by atoms with Crippen LogP contribution in [-0.2, 0) is 4.74 Å². The third kappa shape index (κ3) is 1.45. The summed E-state index contributed by atoms with van der Waals surface area (Å²) < 4.78 is 4.84. The summed E-state index contributed by atoms with van der Waals surface area (Å²) in [5, 5.41) is 0. The van der Waals surface area contributed by atoms with Crippen molar-refractivity contribution in [3.63, 3.8) is 0 Å². The molecular weight excluding hydrogens is 142 g/mol. The molecule has 0 aromatic rings. The molecule has 1 atom stereocenters. The van der Waals surface area contributed by atoms with E-state index in [0.29, 0.717) is 6.54 Å². The molecule has 1 fully saturated rings. The molecule has 1 unspecified atom stereocenters. The molecule has 1 saturated heterocycles. The molecule has 0 radical (unpaired) electrons. The Kier molecular flexibility index (Phi) is 2.04. The van der Waals surface area contributed by atoms with E-state index in [-0.39, 0.29) is 18.2 Å². The zero-order valence-corrected chi connectivity index (χ0v) is 6.70. The number of nitrogens with zero attached hydrogens (tertiary/aromatic N) is 1. The highest BCUT2D eigenvalue weighted by Gasteiger charge is 2.31. The lowest BCUT2D eigenvalue weighted by molar-refractivity contribution is 0.143. The van der Waals surface area contributed by atoms with Crippen molar-refractivity contribution in [2.45, 2.75) is 26.0 Å². The number of amides is 1. The van der Waals surface area contributed by atoms with Crippen LogP contribution < -0.4 is 0 Å². The largest absolute Gasteiger partial charge is 0.431 e. The molecule has 1 heterocycles. The van der Waals surface area contributed by atoms with Crippen LogP contribution in [0.4, 0.5) is 4.79 Å². The number of ether oxygens (including phenoxy) is 1. The molecule has 1 rings (SSSR count). The van der Waals surface area contributed by atoms with Crippen LogP contribution in [0.5, 0.6) is 0 Å². The standard InChI is InChI=1S/C8H11NO2/c1-4-7-5-9(6(2)3)8(10)11-7/h1,6-7H,5H2,2-3H3. The molecule has 0 aromatic heterocycles. The number of terminal acetylenes is 1. The van der Waals surface area contributed by atoms with Gasteiger partial charge in [0, 0.05) is 6.04 Å². The number of rotatable bonds is 1. The van der Waals surface area contributed by atoms with Gasteiger partial charge in [-0.2, -0.15) is 0 Å². The van der Waals surface area contributed by atoms with E-state index in [1.165, 1.54) is 0 Å². The fourth-order valence-electron chi connectivity index (χ4n) is 0.988. The molecule has 3 nitrogen and oxygen atoms in total. The van der Waals surface area contributed by atoms with Gasteiger partial charge in [0.2, 0.25) is 0 Å². The third-order valence-electron chi connectivity index (χ3n) is 1.65. The lowest BCUT2D eigenvalue weighted by Crippen LogP contribution is -2.31. The highest BCUT2D eigenvalue weighted by Crippen LogP contribution is 2.12. The van der Waals surface area contributed by atoms with E-state index in [4.69, 9.17) is 11.2 Å². The molecule has 60 valence electrons. The minimum Gasteiger partial charge on any atom is -0.431 e. The number of hydrogen-bond acceptors (Lipinski definition) is 2. The van der Waals surface area contributed by atoms with Crippen molar-refractivity contribution in [2.75, 3.05) is 6.54 Å². The average molecular weight is 153 g/mol. The Morgan fingerprint density at radius 3 is 2.73 bits per heavy atom. The lowest BCUT2D eigenvalue weighted by Gasteiger charge is -2.16. The Morgan fingerprint density at radius 1 is 1.82 bits per heavy atom. The van der Waals surface area contributed by atoms with Crippen molar-refractivity contribution in [3.8, 4) is 12.3 Å². The van der Waals surface area contributed by atoms with E-state index in [1.54, 1.807) is 4.90 Å². The Balaban J connectivity index is 2.60. The smallest absolute Gasteiger partial charge is 0.411 e. The van der Waals surface area contributed by atoms with E-state index < -0.39 is 0 Å². The van der Waals surface area contributed by atoms with Crippen LogP contribution in [0.15, 0.2) is 0 Å². The monoisotopic (exact) mass is 153 g/mol. The Hall–Kier alpha value is -1.17. The summed E-state index contributed by atoms with van der Waals surface area (Å²) in [7, 11) is 0. The van der Waals surface area contributed by atoms with E-state index in [9.17, 15) is 4.79 Å². The molecule has 0 spiro atoms. The molecular formula is C8H11NO2. The van der Waals surface area contributed by atoms with Crippen molar-refractivity contribution in [1.82, 2.24) is 4.90 Å². The maximum Gasteiger partial charge on any atom is 0.411 e. The van der Waals surface area contributed by atoms with Crippen LogP contribution in [0.3, 0.4) is 0 Å². The maximum atomic E-state index is 11.0. The van der Waals surface area contributed by atoms with Crippen molar-refractivity contribution in [1.29, 1.82) is 0 Å². The first kappa shape index (κ1) is 7.93. The topological polar surface area (TPSA) is 29.5 Å². The van der Waals surface area contributed by atoms with Gasteiger partial charge in [-0.1, -0.05) is 5.92 Å². The number of hydrogen-bond donors (Lipinski definition) is 0. The number of carbonyl (C=O) groups excluding carboxylic acids is 1. The zero-order chi connectivity index (χ0) is 8.43. The van der Waals surface area contributed by atoms with Gasteiger partial charge in [-0.25, -0.2) is 4.79 Å². The molecule has 1 aliphatic heterocycles. The summed E-state index contributed by atoms with van der Waals surface area (Å²) in [4.78, 5) is 12.6. The van der Waals surface area contributed by atoms with Gasteiger partial charge >= 0.3 is 6.09 Å². The lowest BCUT2D eigenvalue weighted by atomic mass is 10.3. The van der Waals surface area contributed by atoms with Crippen molar-refractivity contribution >= 4 is 6.09 Å². The van der Waals surface area contributed by atoms with Crippen LogP contribution in [0.1, 0.15) is 13.8 Å². The third-order valence-corrected chi connectivity index (χ3v) is 1.65. The van der Waals surface area contributed by atoms with Gasteiger partial charge in [0.05, 0.1) is 6.54 Å². The predicted molar refractivity (Wildman–Crippen MR) is 40.9 cm³/mol. The fourth-order valence-corrected chi connectivity index (χ4v) is 0.988. The summed E-state index contributed by atoms with van der Waals surface area (Å²) in [6, 6.07) is 0.167. The molecule has 0 bridgehead atoms. The Bertz CT molecular complexity index is 205. The predicted octanol–water partition coefficient (Wildman–Crippen LogP) is 0.849. The summed E-state index contributed by atoms with van der Waals surface area (Å²) in [6.45, 7) is 4.38. The quantitative estimate of drug-likeness (QED) is 0.522.